The quantitative estimate of drug-likeness (QED) is 0.549. The van der Waals surface area contributed by atoms with Gasteiger partial charge in [-0.2, -0.15) is 0 Å². The Labute approximate surface area is 91.4 Å². The maximum Gasteiger partial charge on any atom is 0.153 e. The van der Waals surface area contributed by atoms with Crippen molar-refractivity contribution in [1.82, 2.24) is 0 Å². The van der Waals surface area contributed by atoms with Crippen LogP contribution in [-0.4, -0.2) is 13.3 Å². The first kappa shape index (κ1) is 16.0. The predicted octanol–water partition coefficient (Wildman–Crippen LogP) is 3.15. The summed E-state index contributed by atoms with van der Waals surface area (Å²) < 4.78 is 13.4. The minimum atomic E-state index is -0.581. The molecule has 0 rings (SSSR count). The summed E-state index contributed by atoms with van der Waals surface area (Å²) in [5, 5.41) is 0. The zero-order valence-electron chi connectivity index (χ0n) is 9.52. The molecule has 0 amide bonds. The highest BCUT2D eigenvalue weighted by atomic mass is 19.1. The third-order valence-electron chi connectivity index (χ3n) is 1.54. The number of nitrogens with two attached hydrogens (primary N) is 1. The highest BCUT2D eigenvalue weighted by molar-refractivity contribution is 5.48. The van der Waals surface area contributed by atoms with E-state index in [4.69, 9.17) is 5.73 Å². The molecule has 15 heavy (non-hydrogen) atoms. The van der Waals surface area contributed by atoms with Gasteiger partial charge in [0.15, 0.2) is 5.83 Å². The lowest BCUT2D eigenvalue weighted by atomic mass is 10.1. The average Bonchev–Trinajstić information content (AvgIpc) is 2.31. The normalized spacial score (nSPS) is 10.4. The molecule has 2 N–H and O–H groups in total. The second-order valence-corrected chi connectivity index (χ2v) is 2.33. The van der Waals surface area contributed by atoms with Gasteiger partial charge in [0, 0.05) is 12.1 Å². The minimum absolute atomic E-state index is 0.0151. The van der Waals surface area contributed by atoms with E-state index in [9.17, 15) is 4.39 Å². The Balaban J connectivity index is 0. The maximum absolute atomic E-state index is 13.4. The predicted molar refractivity (Wildman–Crippen MR) is 66.6 cm³/mol. The minimum Gasteiger partial charge on any atom is -0.325 e. The molecule has 0 unspecified atom stereocenters. The Morgan fingerprint density at radius 3 is 2.13 bits per heavy atom. The van der Waals surface area contributed by atoms with Crippen LogP contribution in [0.2, 0.25) is 0 Å². The molecule has 0 aromatic rings. The summed E-state index contributed by atoms with van der Waals surface area (Å²) in [5.74, 6) is -0.581. The van der Waals surface area contributed by atoms with Crippen molar-refractivity contribution >= 4 is 6.72 Å². The fourth-order valence-corrected chi connectivity index (χ4v) is 0.662. The second-order valence-electron chi connectivity index (χ2n) is 2.33. The van der Waals surface area contributed by atoms with Crippen molar-refractivity contribution in [2.45, 2.75) is 13.8 Å². The van der Waals surface area contributed by atoms with Crippen molar-refractivity contribution in [1.29, 1.82) is 0 Å². The Bertz CT molecular complexity index is 288. The fourth-order valence-electron chi connectivity index (χ4n) is 0.662. The number of hydrogen-bond donors (Lipinski definition) is 1. The third-order valence-corrected chi connectivity index (χ3v) is 1.54. The second kappa shape index (κ2) is 9.09. The van der Waals surface area contributed by atoms with E-state index < -0.39 is 5.83 Å². The molecule has 0 saturated carbocycles. The topological polar surface area (TPSA) is 38.4 Å². The van der Waals surface area contributed by atoms with Crippen LogP contribution in [0.1, 0.15) is 13.8 Å². The van der Waals surface area contributed by atoms with E-state index in [1.165, 1.54) is 6.08 Å². The smallest absolute Gasteiger partial charge is 0.153 e. The number of halogens is 1. The van der Waals surface area contributed by atoms with Crippen LogP contribution < -0.4 is 5.73 Å². The highest BCUT2D eigenvalue weighted by Gasteiger charge is 2.08. The monoisotopic (exact) mass is 210 g/mol. The molecule has 3 heteroatoms. The van der Waals surface area contributed by atoms with Gasteiger partial charge < -0.3 is 5.73 Å². The number of rotatable bonds is 5. The fraction of sp³-hybridized carbons (Fsp3) is 0.250. The number of allylic oxidation sites excluding steroid dienone is 4. The molecule has 0 aliphatic rings. The van der Waals surface area contributed by atoms with E-state index in [1.54, 1.807) is 0 Å². The van der Waals surface area contributed by atoms with Gasteiger partial charge in [0.2, 0.25) is 0 Å². The lowest BCUT2D eigenvalue weighted by Gasteiger charge is -2.04. The molecule has 0 bridgehead atoms. The molecule has 84 valence electrons. The first-order chi connectivity index (χ1) is 7.08. The number of nitrogens with zero attached hydrogens (tertiary/aromatic N) is 1. The molecule has 0 aliphatic heterocycles. The van der Waals surface area contributed by atoms with E-state index in [-0.39, 0.29) is 17.8 Å². The molecule has 0 aliphatic carbocycles. The number of hydrogen-bond acceptors (Lipinski definition) is 2. The first-order valence-corrected chi connectivity index (χ1v) is 4.64. The van der Waals surface area contributed by atoms with Gasteiger partial charge in [-0.3, -0.25) is 4.99 Å². The van der Waals surface area contributed by atoms with Gasteiger partial charge in [0.05, 0.1) is 5.70 Å². The molecule has 0 atom stereocenters. The van der Waals surface area contributed by atoms with Crippen LogP contribution in [0.4, 0.5) is 4.39 Å². The third kappa shape index (κ3) is 5.08. The van der Waals surface area contributed by atoms with Crippen LogP contribution in [0.5, 0.6) is 0 Å². The summed E-state index contributed by atoms with van der Waals surface area (Å²) in [7, 11) is 0. The van der Waals surface area contributed by atoms with Crippen molar-refractivity contribution in [3.05, 3.63) is 48.5 Å². The summed E-state index contributed by atoms with van der Waals surface area (Å²) in [6.45, 7) is 17.7. The molecular weight excluding hydrogens is 191 g/mol. The van der Waals surface area contributed by atoms with E-state index in [0.29, 0.717) is 5.57 Å². The van der Waals surface area contributed by atoms with Crippen molar-refractivity contribution in [3.63, 3.8) is 0 Å². The Hall–Kier alpha value is -1.48. The molecule has 2 nitrogen and oxygen atoms in total. The molecule has 0 fully saturated rings. The van der Waals surface area contributed by atoms with Crippen molar-refractivity contribution < 1.29 is 4.39 Å². The van der Waals surface area contributed by atoms with E-state index in [0.717, 1.165) is 0 Å². The van der Waals surface area contributed by atoms with Crippen LogP contribution in [0.3, 0.4) is 0 Å². The molecule has 0 spiro atoms. The van der Waals surface area contributed by atoms with Gasteiger partial charge >= 0.3 is 0 Å². The van der Waals surface area contributed by atoms with Crippen LogP contribution in [0.25, 0.3) is 0 Å². The summed E-state index contributed by atoms with van der Waals surface area (Å²) in [6, 6.07) is 0. The lowest BCUT2D eigenvalue weighted by Crippen LogP contribution is -2.04. The van der Waals surface area contributed by atoms with E-state index in [1.807, 2.05) is 13.8 Å². The standard InChI is InChI=1S/C10H13FN2.C2H6/c1-5-7(2)8(3)10(11)9(6-12)13-4;1-2/h5H,1-4,6,12H2;1-2H3/b10-9+;. The summed E-state index contributed by atoms with van der Waals surface area (Å²) in [6.07, 6.45) is 1.42. The zero-order chi connectivity index (χ0) is 12.4. The van der Waals surface area contributed by atoms with Gasteiger partial charge in [0.25, 0.3) is 0 Å². The largest absolute Gasteiger partial charge is 0.325 e. The lowest BCUT2D eigenvalue weighted by molar-refractivity contribution is 0.638. The first-order valence-electron chi connectivity index (χ1n) is 4.64. The van der Waals surface area contributed by atoms with Crippen LogP contribution in [0, 0.1) is 0 Å². The summed E-state index contributed by atoms with van der Waals surface area (Å²) in [4.78, 5) is 3.44. The highest BCUT2D eigenvalue weighted by Crippen LogP contribution is 2.21. The Morgan fingerprint density at radius 1 is 1.40 bits per heavy atom. The van der Waals surface area contributed by atoms with Gasteiger partial charge in [-0.25, -0.2) is 4.39 Å². The van der Waals surface area contributed by atoms with E-state index in [2.05, 4.69) is 31.4 Å². The van der Waals surface area contributed by atoms with Crippen molar-refractivity contribution in [2.75, 3.05) is 6.54 Å². The van der Waals surface area contributed by atoms with Gasteiger partial charge in [-0.15, -0.1) is 0 Å². The molecular formula is C12H19FN2. The molecule has 0 heterocycles. The zero-order valence-corrected chi connectivity index (χ0v) is 9.52. The van der Waals surface area contributed by atoms with Crippen LogP contribution >= 0.6 is 0 Å². The molecule has 0 saturated heterocycles. The molecule has 0 aromatic carbocycles. The van der Waals surface area contributed by atoms with Crippen LogP contribution in [0.15, 0.2) is 53.5 Å². The number of aliphatic imine (C=N–C) groups is 1. The summed E-state index contributed by atoms with van der Waals surface area (Å²) in [5.41, 5.74) is 5.86. The Morgan fingerprint density at radius 2 is 1.87 bits per heavy atom. The van der Waals surface area contributed by atoms with E-state index >= 15 is 0 Å². The van der Waals surface area contributed by atoms with Gasteiger partial charge in [0.1, 0.15) is 0 Å². The van der Waals surface area contributed by atoms with Crippen LogP contribution in [-0.2, 0) is 0 Å². The SMILES string of the molecule is C=CC(=C)C(=C)/C(F)=C(/CN)N=C.CC. The van der Waals surface area contributed by atoms with Gasteiger partial charge in [-0.05, 0) is 12.3 Å². The Kier molecular flexibility index (Phi) is 9.68. The molecule has 0 radical (unpaired) electrons. The van der Waals surface area contributed by atoms with Gasteiger partial charge in [-0.1, -0.05) is 39.7 Å². The maximum atomic E-state index is 13.4. The van der Waals surface area contributed by atoms with Crippen molar-refractivity contribution in [2.24, 2.45) is 10.7 Å². The molecule has 0 aromatic heterocycles. The average molecular weight is 210 g/mol. The van der Waals surface area contributed by atoms with Crippen molar-refractivity contribution in [3.8, 4) is 0 Å². The summed E-state index contributed by atoms with van der Waals surface area (Å²) >= 11 is 0.